The van der Waals surface area contributed by atoms with Gasteiger partial charge in [-0.25, -0.2) is 4.98 Å². The molecule has 46 heavy (non-hydrogen) atoms. The van der Waals surface area contributed by atoms with Crippen LogP contribution in [0.1, 0.15) is 140 Å². The number of amides is 1. The fourth-order valence-corrected chi connectivity index (χ4v) is 6.43. The molecule has 6 heteroatoms. The highest BCUT2D eigenvalue weighted by Crippen LogP contribution is 2.27. The van der Waals surface area contributed by atoms with Gasteiger partial charge in [-0.3, -0.25) is 4.79 Å². The molecule has 1 heterocycles. The normalized spacial score (nSPS) is 11.3. The minimum Gasteiger partial charge on any atom is -0.493 e. The maximum absolute atomic E-state index is 12.5. The summed E-state index contributed by atoms with van der Waals surface area (Å²) in [6.45, 7) is 4.04. The number of carbonyl (C=O) groups is 1. The van der Waals surface area contributed by atoms with Crippen LogP contribution in [0, 0.1) is 0 Å². The van der Waals surface area contributed by atoms with E-state index < -0.39 is 0 Å². The van der Waals surface area contributed by atoms with Gasteiger partial charge in [0.25, 0.3) is 0 Å². The molecule has 2 aromatic carbocycles. The van der Waals surface area contributed by atoms with Gasteiger partial charge in [-0.05, 0) is 49.1 Å². The van der Waals surface area contributed by atoms with E-state index >= 15 is 0 Å². The summed E-state index contributed by atoms with van der Waals surface area (Å²) >= 11 is 0. The fourth-order valence-electron chi connectivity index (χ4n) is 6.43. The molecule has 0 aliphatic heterocycles. The number of hydrogen-bond acceptors (Lipinski definition) is 4. The minimum absolute atomic E-state index is 0.0350. The predicted octanol–water partition coefficient (Wildman–Crippen LogP) is 10.4. The molecule has 0 bridgehead atoms. The zero-order chi connectivity index (χ0) is 32.7. The SMILES string of the molecule is CCCCCCCCCCCCCCCCCCn1c(CCCCCNC(=O)Cc2ccc(OC)c(OC)c2)nc2ccccc21. The first kappa shape index (κ1) is 37.4. The molecule has 0 atom stereocenters. The highest BCUT2D eigenvalue weighted by Gasteiger charge is 2.11. The molecule has 1 aromatic heterocycles. The lowest BCUT2D eigenvalue weighted by Crippen LogP contribution is -2.26. The molecule has 0 saturated heterocycles. The van der Waals surface area contributed by atoms with Gasteiger partial charge in [0, 0.05) is 19.5 Å². The Bertz CT molecular complexity index is 1240. The zero-order valence-corrected chi connectivity index (χ0v) is 29.4. The summed E-state index contributed by atoms with van der Waals surface area (Å²) in [5, 5.41) is 3.07. The Morgan fingerprint density at radius 3 is 1.91 bits per heavy atom. The lowest BCUT2D eigenvalue weighted by molar-refractivity contribution is -0.120. The molecule has 0 spiro atoms. The number of aryl methyl sites for hydroxylation is 2. The molecule has 3 rings (SSSR count). The first-order chi connectivity index (χ1) is 22.7. The second-order valence-electron chi connectivity index (χ2n) is 13.0. The molecule has 6 nitrogen and oxygen atoms in total. The predicted molar refractivity (Wildman–Crippen MR) is 193 cm³/mol. The average molecular weight is 634 g/mol. The smallest absolute Gasteiger partial charge is 0.224 e. The van der Waals surface area contributed by atoms with Crippen molar-refractivity contribution >= 4 is 16.9 Å². The highest BCUT2D eigenvalue weighted by atomic mass is 16.5. The number of aromatic nitrogens is 2. The van der Waals surface area contributed by atoms with Crippen LogP contribution < -0.4 is 14.8 Å². The van der Waals surface area contributed by atoms with Crippen LogP contribution in [0.15, 0.2) is 42.5 Å². The molecule has 0 aliphatic rings. The van der Waals surface area contributed by atoms with E-state index in [1.807, 2.05) is 18.2 Å². The molecule has 1 N–H and O–H groups in total. The Kier molecular flexibility index (Phi) is 19.0. The highest BCUT2D eigenvalue weighted by molar-refractivity contribution is 5.78. The molecule has 0 fully saturated rings. The number of rotatable bonds is 27. The Balaban J connectivity index is 1.25. The van der Waals surface area contributed by atoms with Gasteiger partial charge >= 0.3 is 0 Å². The van der Waals surface area contributed by atoms with Gasteiger partial charge < -0.3 is 19.4 Å². The number of benzene rings is 2. The van der Waals surface area contributed by atoms with E-state index in [-0.39, 0.29) is 5.91 Å². The van der Waals surface area contributed by atoms with E-state index in [4.69, 9.17) is 14.5 Å². The Labute approximate surface area is 280 Å². The van der Waals surface area contributed by atoms with Gasteiger partial charge in [0.2, 0.25) is 5.91 Å². The third kappa shape index (κ3) is 14.2. The van der Waals surface area contributed by atoms with Crippen molar-refractivity contribution in [1.29, 1.82) is 0 Å². The van der Waals surface area contributed by atoms with Crippen molar-refractivity contribution in [3.63, 3.8) is 0 Å². The number of nitrogens with zero attached hydrogens (tertiary/aromatic N) is 2. The number of fused-ring (bicyclic) bond motifs is 1. The summed E-state index contributed by atoms with van der Waals surface area (Å²) in [6.07, 6.45) is 26.7. The topological polar surface area (TPSA) is 65.4 Å². The zero-order valence-electron chi connectivity index (χ0n) is 29.4. The Morgan fingerprint density at radius 2 is 1.28 bits per heavy atom. The van der Waals surface area contributed by atoms with Crippen molar-refractivity contribution < 1.29 is 14.3 Å². The lowest BCUT2D eigenvalue weighted by Gasteiger charge is -2.10. The Hall–Kier alpha value is -3.02. The summed E-state index contributed by atoms with van der Waals surface area (Å²) in [6, 6.07) is 14.2. The maximum atomic E-state index is 12.5. The molecule has 0 unspecified atom stereocenters. The monoisotopic (exact) mass is 633 g/mol. The number of nitrogens with one attached hydrogen (secondary N) is 1. The van der Waals surface area contributed by atoms with E-state index in [0.717, 1.165) is 43.3 Å². The fraction of sp³-hybridized carbons (Fsp3) is 0.650. The van der Waals surface area contributed by atoms with Crippen LogP contribution in [-0.2, 0) is 24.2 Å². The summed E-state index contributed by atoms with van der Waals surface area (Å²) in [4.78, 5) is 17.5. The minimum atomic E-state index is 0.0350. The molecule has 3 aromatic rings. The van der Waals surface area contributed by atoms with E-state index in [1.165, 1.54) is 114 Å². The lowest BCUT2D eigenvalue weighted by atomic mass is 10.0. The van der Waals surface area contributed by atoms with Crippen LogP contribution in [0.3, 0.4) is 0 Å². The molecule has 256 valence electrons. The van der Waals surface area contributed by atoms with E-state index in [0.29, 0.717) is 24.5 Å². The van der Waals surface area contributed by atoms with Crippen molar-refractivity contribution in [3.05, 3.63) is 53.9 Å². The van der Waals surface area contributed by atoms with Gasteiger partial charge in [-0.2, -0.15) is 0 Å². The maximum Gasteiger partial charge on any atom is 0.224 e. The second-order valence-corrected chi connectivity index (χ2v) is 13.0. The molecule has 1 amide bonds. The van der Waals surface area contributed by atoms with E-state index in [1.54, 1.807) is 14.2 Å². The van der Waals surface area contributed by atoms with Gasteiger partial charge in [0.05, 0.1) is 31.7 Å². The van der Waals surface area contributed by atoms with Crippen LogP contribution in [-0.4, -0.2) is 36.2 Å². The van der Waals surface area contributed by atoms with Crippen LogP contribution in [0.25, 0.3) is 11.0 Å². The van der Waals surface area contributed by atoms with Gasteiger partial charge in [-0.1, -0.05) is 128 Å². The van der Waals surface area contributed by atoms with Crippen molar-refractivity contribution in [2.24, 2.45) is 0 Å². The number of carbonyl (C=O) groups excluding carboxylic acids is 1. The summed E-state index contributed by atoms with van der Waals surface area (Å²) in [7, 11) is 3.22. The average Bonchev–Trinajstić information content (AvgIpc) is 3.43. The third-order valence-corrected chi connectivity index (χ3v) is 9.18. The summed E-state index contributed by atoms with van der Waals surface area (Å²) in [5.74, 6) is 2.56. The summed E-state index contributed by atoms with van der Waals surface area (Å²) in [5.41, 5.74) is 3.29. The van der Waals surface area contributed by atoms with Crippen LogP contribution >= 0.6 is 0 Å². The molecule has 0 radical (unpaired) electrons. The van der Waals surface area contributed by atoms with Crippen molar-refractivity contribution in [1.82, 2.24) is 14.9 Å². The first-order valence-electron chi connectivity index (χ1n) is 18.6. The molecular weight excluding hydrogens is 570 g/mol. The van der Waals surface area contributed by atoms with E-state index in [2.05, 4.69) is 41.1 Å². The van der Waals surface area contributed by atoms with Crippen LogP contribution in [0.5, 0.6) is 11.5 Å². The van der Waals surface area contributed by atoms with Crippen molar-refractivity contribution in [2.45, 2.75) is 148 Å². The number of hydrogen-bond donors (Lipinski definition) is 1. The number of imidazole rings is 1. The largest absolute Gasteiger partial charge is 0.493 e. The molecule has 0 aliphatic carbocycles. The number of para-hydroxylation sites is 2. The Morgan fingerprint density at radius 1 is 0.696 bits per heavy atom. The number of unbranched alkanes of at least 4 members (excludes halogenated alkanes) is 17. The number of methoxy groups -OCH3 is 2. The quantitative estimate of drug-likeness (QED) is 0.0849. The number of ether oxygens (including phenoxy) is 2. The van der Waals surface area contributed by atoms with Crippen LogP contribution in [0.4, 0.5) is 0 Å². The third-order valence-electron chi connectivity index (χ3n) is 9.18. The second kappa shape index (κ2) is 23.3. The first-order valence-corrected chi connectivity index (χ1v) is 18.6. The van der Waals surface area contributed by atoms with Crippen molar-refractivity contribution in [2.75, 3.05) is 20.8 Å². The van der Waals surface area contributed by atoms with Gasteiger partial charge in [-0.15, -0.1) is 0 Å². The van der Waals surface area contributed by atoms with E-state index in [9.17, 15) is 4.79 Å². The van der Waals surface area contributed by atoms with Crippen molar-refractivity contribution in [3.8, 4) is 11.5 Å². The van der Waals surface area contributed by atoms with Gasteiger partial charge in [0.15, 0.2) is 11.5 Å². The standard InChI is InChI=1S/C40H63N3O3/c1-4-5-6-7-8-9-10-11-12-13-14-15-16-17-18-24-31-43-36-26-22-21-25-35(36)42-39(43)27-20-19-23-30-41-40(44)33-34-28-29-37(45-2)38(32-34)46-3/h21-22,25-26,28-29,32H,4-20,23-24,27,30-31,33H2,1-3H3,(H,41,44). The van der Waals surface area contributed by atoms with Crippen LogP contribution in [0.2, 0.25) is 0 Å². The van der Waals surface area contributed by atoms with Gasteiger partial charge in [0.1, 0.15) is 5.82 Å². The molecule has 0 saturated carbocycles. The summed E-state index contributed by atoms with van der Waals surface area (Å²) < 4.78 is 13.1. The molecular formula is C40H63N3O3.